The van der Waals surface area contributed by atoms with E-state index in [1.165, 1.54) is 0 Å². The highest BCUT2D eigenvalue weighted by Crippen LogP contribution is 2.13. The van der Waals surface area contributed by atoms with Gasteiger partial charge in [-0.2, -0.15) is 0 Å². The molecule has 2 aromatic carbocycles. The average molecular weight is 431 g/mol. The lowest BCUT2D eigenvalue weighted by atomic mass is 10.1. The number of amides is 2. The predicted octanol–water partition coefficient (Wildman–Crippen LogP) is 5.01. The topological polar surface area (TPSA) is 53.8 Å². The molecule has 0 atom stereocenters. The Morgan fingerprint density at radius 3 is 2.19 bits per heavy atom. The van der Waals surface area contributed by atoms with Crippen molar-refractivity contribution >= 4 is 17.9 Å². The smallest absolute Gasteiger partial charge is 0.247 e. The Balaban J connectivity index is 1.74. The molecule has 166 valence electrons. The van der Waals surface area contributed by atoms with Crippen LogP contribution >= 0.6 is 0 Å². The number of carbonyl (C=O) groups is 2. The molecular weight excluding hydrogens is 400 g/mol. The molecule has 0 fully saturated rings. The Morgan fingerprint density at radius 2 is 1.56 bits per heavy atom. The van der Waals surface area contributed by atoms with Crippen molar-refractivity contribution in [2.75, 3.05) is 13.1 Å². The molecule has 5 nitrogen and oxygen atoms in total. The first-order valence-electron chi connectivity index (χ1n) is 10.9. The van der Waals surface area contributed by atoms with Gasteiger partial charge in [-0.05, 0) is 35.3 Å². The Hall–Kier alpha value is -3.60. The molecule has 0 radical (unpaired) electrons. The molecule has 0 spiro atoms. The average Bonchev–Trinajstić information content (AvgIpc) is 3.31. The van der Waals surface area contributed by atoms with Gasteiger partial charge in [0, 0.05) is 19.2 Å². The zero-order valence-corrected chi connectivity index (χ0v) is 18.7. The number of benzene rings is 2. The maximum Gasteiger partial charge on any atom is 0.247 e. The maximum absolute atomic E-state index is 13.3. The van der Waals surface area contributed by atoms with Crippen LogP contribution in [0.25, 0.3) is 6.08 Å². The third kappa shape index (κ3) is 7.27. The van der Waals surface area contributed by atoms with E-state index < -0.39 is 0 Å². The first kappa shape index (κ1) is 23.1. The maximum atomic E-state index is 13.3. The summed E-state index contributed by atoms with van der Waals surface area (Å²) >= 11 is 0. The lowest BCUT2D eigenvalue weighted by molar-refractivity contribution is -0.139. The van der Waals surface area contributed by atoms with E-state index >= 15 is 0 Å². The molecule has 0 unspecified atom stereocenters. The summed E-state index contributed by atoms with van der Waals surface area (Å²) in [6.07, 6.45) is 4.92. The molecule has 1 heterocycles. The summed E-state index contributed by atoms with van der Waals surface area (Å²) in [5.74, 6) is 0.658. The van der Waals surface area contributed by atoms with E-state index in [0.717, 1.165) is 11.1 Å². The summed E-state index contributed by atoms with van der Waals surface area (Å²) in [6.45, 7) is 5.40. The first-order chi connectivity index (χ1) is 15.5. The molecule has 5 heteroatoms. The number of hydrogen-bond acceptors (Lipinski definition) is 3. The van der Waals surface area contributed by atoms with Crippen LogP contribution in [0.4, 0.5) is 0 Å². The minimum atomic E-state index is -0.173. The van der Waals surface area contributed by atoms with Gasteiger partial charge in [-0.1, -0.05) is 74.5 Å². The van der Waals surface area contributed by atoms with Gasteiger partial charge in [-0.3, -0.25) is 9.59 Å². The second-order valence-electron chi connectivity index (χ2n) is 8.17. The second-order valence-corrected chi connectivity index (χ2v) is 8.17. The van der Waals surface area contributed by atoms with Gasteiger partial charge in [0.1, 0.15) is 12.3 Å². The minimum Gasteiger partial charge on any atom is -0.467 e. The molecule has 3 rings (SSSR count). The number of nitrogens with zero attached hydrogens (tertiary/aromatic N) is 2. The van der Waals surface area contributed by atoms with Gasteiger partial charge < -0.3 is 14.2 Å². The number of furan rings is 1. The van der Waals surface area contributed by atoms with E-state index in [9.17, 15) is 9.59 Å². The zero-order valence-electron chi connectivity index (χ0n) is 18.7. The van der Waals surface area contributed by atoms with Crippen LogP contribution in [0.15, 0.2) is 89.6 Å². The number of carbonyl (C=O) groups excluding carboxylic acids is 2. The summed E-state index contributed by atoms with van der Waals surface area (Å²) < 4.78 is 5.47. The van der Waals surface area contributed by atoms with Crippen LogP contribution in [0.5, 0.6) is 0 Å². The van der Waals surface area contributed by atoms with E-state index in [-0.39, 0.29) is 24.3 Å². The molecule has 1 aromatic heterocycles. The molecule has 3 aromatic rings. The van der Waals surface area contributed by atoms with E-state index in [2.05, 4.69) is 0 Å². The van der Waals surface area contributed by atoms with Gasteiger partial charge in [-0.15, -0.1) is 0 Å². The highest BCUT2D eigenvalue weighted by atomic mass is 16.3. The van der Waals surface area contributed by atoms with Crippen molar-refractivity contribution in [3.05, 3.63) is 102 Å². The van der Waals surface area contributed by atoms with Crippen LogP contribution in [0, 0.1) is 5.92 Å². The Kier molecular flexibility index (Phi) is 8.44. The third-order valence-electron chi connectivity index (χ3n) is 4.94. The molecule has 0 N–H and O–H groups in total. The highest BCUT2D eigenvalue weighted by molar-refractivity contribution is 5.94. The van der Waals surface area contributed by atoms with E-state index in [1.807, 2.05) is 86.6 Å². The zero-order chi connectivity index (χ0) is 22.8. The molecule has 0 aliphatic carbocycles. The Labute approximate surface area is 190 Å². The summed E-state index contributed by atoms with van der Waals surface area (Å²) in [6, 6.07) is 23.2. The van der Waals surface area contributed by atoms with Gasteiger partial charge >= 0.3 is 0 Å². The predicted molar refractivity (Wildman–Crippen MR) is 126 cm³/mol. The van der Waals surface area contributed by atoms with Gasteiger partial charge in [0.25, 0.3) is 0 Å². The molecule has 0 saturated heterocycles. The summed E-state index contributed by atoms with van der Waals surface area (Å²) in [4.78, 5) is 29.6. The molecule has 0 bridgehead atoms. The van der Waals surface area contributed by atoms with E-state index in [0.29, 0.717) is 25.4 Å². The van der Waals surface area contributed by atoms with Crippen LogP contribution in [-0.2, 0) is 22.7 Å². The van der Waals surface area contributed by atoms with Crippen LogP contribution in [0.2, 0.25) is 0 Å². The normalized spacial score (nSPS) is 11.1. The standard InChI is InChI=1S/C27H30N2O3/c1-22(2)18-28(26(30)16-15-23-10-5-3-6-11-23)21-27(31)29(20-25-14-9-17-32-25)19-24-12-7-4-8-13-24/h3-17,22H,18-21H2,1-2H3/b16-15+. The fourth-order valence-electron chi connectivity index (χ4n) is 3.40. The van der Waals surface area contributed by atoms with Gasteiger partial charge in [0.2, 0.25) is 11.8 Å². The van der Waals surface area contributed by atoms with E-state index in [4.69, 9.17) is 4.42 Å². The molecule has 0 aliphatic heterocycles. The van der Waals surface area contributed by atoms with Crippen molar-refractivity contribution in [2.24, 2.45) is 5.92 Å². The third-order valence-corrected chi connectivity index (χ3v) is 4.94. The lowest BCUT2D eigenvalue weighted by Gasteiger charge is -2.28. The fourth-order valence-corrected chi connectivity index (χ4v) is 3.40. The Bertz CT molecular complexity index is 996. The molecule has 2 amide bonds. The van der Waals surface area contributed by atoms with Gasteiger partial charge in [0.15, 0.2) is 0 Å². The van der Waals surface area contributed by atoms with Crippen molar-refractivity contribution < 1.29 is 14.0 Å². The van der Waals surface area contributed by atoms with Crippen molar-refractivity contribution in [3.8, 4) is 0 Å². The Morgan fingerprint density at radius 1 is 0.875 bits per heavy atom. The van der Waals surface area contributed by atoms with Crippen LogP contribution in [-0.4, -0.2) is 34.7 Å². The van der Waals surface area contributed by atoms with Crippen molar-refractivity contribution in [3.63, 3.8) is 0 Å². The SMILES string of the molecule is CC(C)CN(CC(=O)N(Cc1ccccc1)Cc1ccco1)C(=O)/C=C/c1ccccc1. The van der Waals surface area contributed by atoms with Crippen LogP contribution in [0.3, 0.4) is 0 Å². The van der Waals surface area contributed by atoms with E-state index in [1.54, 1.807) is 28.2 Å². The summed E-state index contributed by atoms with van der Waals surface area (Å²) in [7, 11) is 0. The molecule has 0 saturated carbocycles. The van der Waals surface area contributed by atoms with Crippen molar-refractivity contribution in [2.45, 2.75) is 26.9 Å². The second kappa shape index (κ2) is 11.7. The molecular formula is C27H30N2O3. The monoisotopic (exact) mass is 430 g/mol. The van der Waals surface area contributed by atoms with Crippen molar-refractivity contribution in [1.82, 2.24) is 9.80 Å². The van der Waals surface area contributed by atoms with Crippen molar-refractivity contribution in [1.29, 1.82) is 0 Å². The van der Waals surface area contributed by atoms with Crippen LogP contribution < -0.4 is 0 Å². The minimum absolute atomic E-state index is 0.0175. The fraction of sp³-hybridized carbons (Fsp3) is 0.259. The molecule has 0 aliphatic rings. The highest BCUT2D eigenvalue weighted by Gasteiger charge is 2.22. The summed E-state index contributed by atoms with van der Waals surface area (Å²) in [5, 5.41) is 0. The van der Waals surface area contributed by atoms with Crippen LogP contribution in [0.1, 0.15) is 30.7 Å². The quantitative estimate of drug-likeness (QED) is 0.425. The largest absolute Gasteiger partial charge is 0.467 e. The number of rotatable bonds is 10. The van der Waals surface area contributed by atoms with Gasteiger partial charge in [0.05, 0.1) is 12.8 Å². The lowest BCUT2D eigenvalue weighted by Crippen LogP contribution is -2.43. The summed E-state index contributed by atoms with van der Waals surface area (Å²) in [5.41, 5.74) is 1.97. The first-order valence-corrected chi connectivity index (χ1v) is 10.9. The molecule has 32 heavy (non-hydrogen) atoms. The van der Waals surface area contributed by atoms with Gasteiger partial charge in [-0.25, -0.2) is 0 Å². The number of hydrogen-bond donors (Lipinski definition) is 0.